The fourth-order valence-corrected chi connectivity index (χ4v) is 1.78. The smallest absolute Gasteiger partial charge is 0.359 e. The predicted octanol–water partition coefficient (Wildman–Crippen LogP) is 0.863. The molecule has 0 aliphatic rings. The summed E-state index contributed by atoms with van der Waals surface area (Å²) >= 11 is 1.20. The minimum Gasteiger partial charge on any atom is -0.461 e. The molecule has 6 heteroatoms. The van der Waals surface area contributed by atoms with E-state index >= 15 is 0 Å². The van der Waals surface area contributed by atoms with E-state index in [2.05, 4.69) is 22.1 Å². The molecule has 0 aliphatic heterocycles. The number of anilines is 1. The second kappa shape index (κ2) is 6.89. The molecule has 92 valence electrons. The Bertz CT molecular complexity index is 445. The average Bonchev–Trinajstić information content (AvgIpc) is 2.66. The third kappa shape index (κ3) is 4.06. The Morgan fingerprint density at radius 3 is 3.06 bits per heavy atom. The standard InChI is InChI=1S/C11H15N3O2S/c1-3-16-10(15)9-8(17-11(12)14-9)6-4-5-7-13-2/h13H,3,5,7H2,1-2H3,(H2,12,14). The van der Waals surface area contributed by atoms with Crippen LogP contribution >= 0.6 is 11.3 Å². The monoisotopic (exact) mass is 253 g/mol. The number of nitrogens with zero attached hydrogens (tertiary/aromatic N) is 1. The largest absolute Gasteiger partial charge is 0.461 e. The van der Waals surface area contributed by atoms with Gasteiger partial charge in [-0.3, -0.25) is 0 Å². The summed E-state index contributed by atoms with van der Waals surface area (Å²) in [5.74, 6) is 5.37. The Morgan fingerprint density at radius 2 is 2.41 bits per heavy atom. The molecule has 0 saturated carbocycles. The highest BCUT2D eigenvalue weighted by atomic mass is 32.1. The van der Waals surface area contributed by atoms with Crippen molar-refractivity contribution in [2.24, 2.45) is 0 Å². The van der Waals surface area contributed by atoms with Crippen LogP contribution in [0.1, 0.15) is 28.7 Å². The zero-order chi connectivity index (χ0) is 12.7. The zero-order valence-corrected chi connectivity index (χ0v) is 10.7. The van der Waals surface area contributed by atoms with E-state index in [9.17, 15) is 4.79 Å². The molecule has 1 aromatic rings. The van der Waals surface area contributed by atoms with Gasteiger partial charge in [0.25, 0.3) is 0 Å². The molecule has 0 fully saturated rings. The number of carbonyl (C=O) groups is 1. The summed E-state index contributed by atoms with van der Waals surface area (Å²) in [5, 5.41) is 3.31. The van der Waals surface area contributed by atoms with Gasteiger partial charge < -0.3 is 15.8 Å². The summed E-state index contributed by atoms with van der Waals surface area (Å²) in [7, 11) is 1.86. The number of carbonyl (C=O) groups excluding carboxylic acids is 1. The van der Waals surface area contributed by atoms with Crippen molar-refractivity contribution in [1.29, 1.82) is 0 Å². The van der Waals surface area contributed by atoms with Crippen molar-refractivity contribution in [3.63, 3.8) is 0 Å². The topological polar surface area (TPSA) is 77.2 Å². The second-order valence-corrected chi connectivity index (χ2v) is 4.14. The minimum atomic E-state index is -0.474. The molecule has 0 spiro atoms. The van der Waals surface area contributed by atoms with Gasteiger partial charge in [-0.15, -0.1) is 0 Å². The van der Waals surface area contributed by atoms with Crippen LogP contribution in [0.15, 0.2) is 0 Å². The lowest BCUT2D eigenvalue weighted by atomic mass is 10.3. The van der Waals surface area contributed by atoms with E-state index in [0.29, 0.717) is 23.0 Å². The van der Waals surface area contributed by atoms with Gasteiger partial charge in [-0.2, -0.15) is 0 Å². The third-order valence-electron chi connectivity index (χ3n) is 1.81. The number of esters is 1. The Morgan fingerprint density at radius 1 is 1.65 bits per heavy atom. The molecule has 3 N–H and O–H groups in total. The van der Waals surface area contributed by atoms with Crippen LogP contribution in [0.2, 0.25) is 0 Å². The number of aromatic nitrogens is 1. The van der Waals surface area contributed by atoms with Crippen molar-refractivity contribution in [3.05, 3.63) is 10.6 Å². The molecule has 1 rings (SSSR count). The Hall–Kier alpha value is -1.58. The molecular weight excluding hydrogens is 238 g/mol. The lowest BCUT2D eigenvalue weighted by Gasteiger charge is -1.97. The minimum absolute atomic E-state index is 0.214. The summed E-state index contributed by atoms with van der Waals surface area (Å²) < 4.78 is 4.88. The van der Waals surface area contributed by atoms with E-state index in [-0.39, 0.29) is 5.69 Å². The predicted molar refractivity (Wildman–Crippen MR) is 67.9 cm³/mol. The quantitative estimate of drug-likeness (QED) is 0.473. The van der Waals surface area contributed by atoms with E-state index in [0.717, 1.165) is 6.54 Å². The van der Waals surface area contributed by atoms with Crippen LogP contribution in [0.5, 0.6) is 0 Å². The Kier molecular flexibility index (Phi) is 5.46. The van der Waals surface area contributed by atoms with Crippen molar-refractivity contribution < 1.29 is 9.53 Å². The second-order valence-electron chi connectivity index (χ2n) is 3.11. The summed E-state index contributed by atoms with van der Waals surface area (Å²) in [4.78, 5) is 16.1. The van der Waals surface area contributed by atoms with Crippen molar-refractivity contribution in [1.82, 2.24) is 10.3 Å². The number of thiazole rings is 1. The maximum Gasteiger partial charge on any atom is 0.359 e. The van der Waals surface area contributed by atoms with Crippen molar-refractivity contribution in [2.75, 3.05) is 25.9 Å². The first-order valence-electron chi connectivity index (χ1n) is 5.26. The number of nitrogens with one attached hydrogen (secondary N) is 1. The first-order chi connectivity index (χ1) is 8.19. The van der Waals surface area contributed by atoms with Gasteiger partial charge in [0.2, 0.25) is 0 Å². The van der Waals surface area contributed by atoms with E-state index in [1.54, 1.807) is 6.92 Å². The van der Waals surface area contributed by atoms with Gasteiger partial charge in [0.1, 0.15) is 4.88 Å². The molecule has 1 aromatic heterocycles. The lowest BCUT2D eigenvalue weighted by molar-refractivity contribution is 0.0520. The van der Waals surface area contributed by atoms with Crippen LogP contribution in [0, 0.1) is 11.8 Å². The SMILES string of the molecule is CCOC(=O)c1nc(N)sc1C#CCCNC. The average molecular weight is 253 g/mol. The summed E-state index contributed by atoms with van der Waals surface area (Å²) in [6, 6.07) is 0. The highest BCUT2D eigenvalue weighted by Gasteiger charge is 2.16. The molecule has 0 saturated heterocycles. The van der Waals surface area contributed by atoms with Crippen molar-refractivity contribution in [3.8, 4) is 11.8 Å². The maximum absolute atomic E-state index is 11.6. The highest BCUT2D eigenvalue weighted by molar-refractivity contribution is 7.16. The number of nitrogens with two attached hydrogens (primary N) is 1. The Balaban J connectivity index is 2.83. The van der Waals surface area contributed by atoms with Crippen molar-refractivity contribution in [2.45, 2.75) is 13.3 Å². The molecule has 0 unspecified atom stereocenters. The van der Waals surface area contributed by atoms with Gasteiger partial charge >= 0.3 is 5.97 Å². The molecule has 0 aliphatic carbocycles. The normalized spacial score (nSPS) is 9.53. The van der Waals surface area contributed by atoms with Crippen LogP contribution in [0.3, 0.4) is 0 Å². The number of nitrogen functional groups attached to an aromatic ring is 1. The maximum atomic E-state index is 11.6. The van der Waals surface area contributed by atoms with Crippen molar-refractivity contribution >= 4 is 22.4 Å². The van der Waals surface area contributed by atoms with E-state index in [1.165, 1.54) is 11.3 Å². The molecule has 5 nitrogen and oxygen atoms in total. The number of hydrogen-bond acceptors (Lipinski definition) is 6. The third-order valence-corrected chi connectivity index (χ3v) is 2.61. The molecule has 0 bridgehead atoms. The first-order valence-corrected chi connectivity index (χ1v) is 6.07. The van der Waals surface area contributed by atoms with Crippen LogP contribution in [0.4, 0.5) is 5.13 Å². The molecule has 0 aromatic carbocycles. The number of ether oxygens (including phenoxy) is 1. The highest BCUT2D eigenvalue weighted by Crippen LogP contribution is 2.20. The van der Waals surface area contributed by atoms with Gasteiger partial charge in [-0.25, -0.2) is 9.78 Å². The Labute approximate surface area is 104 Å². The number of hydrogen-bond donors (Lipinski definition) is 2. The van der Waals surface area contributed by atoms with E-state index < -0.39 is 5.97 Å². The molecular formula is C11H15N3O2S. The van der Waals surface area contributed by atoms with Crippen LogP contribution in [-0.2, 0) is 4.74 Å². The summed E-state index contributed by atoms with van der Waals surface area (Å²) in [6.45, 7) is 2.85. The van der Waals surface area contributed by atoms with Gasteiger partial charge in [0.15, 0.2) is 10.8 Å². The fourth-order valence-electron chi connectivity index (χ4n) is 1.09. The molecule has 0 atom stereocenters. The molecule has 0 amide bonds. The molecule has 1 heterocycles. The van der Waals surface area contributed by atoms with Crippen LogP contribution in [-0.4, -0.2) is 31.2 Å². The van der Waals surface area contributed by atoms with Gasteiger partial charge in [0, 0.05) is 13.0 Å². The number of rotatable bonds is 4. The van der Waals surface area contributed by atoms with E-state index in [1.807, 2.05) is 7.05 Å². The summed E-state index contributed by atoms with van der Waals surface area (Å²) in [5.41, 5.74) is 5.78. The van der Waals surface area contributed by atoms with Gasteiger partial charge in [-0.1, -0.05) is 23.2 Å². The summed E-state index contributed by atoms with van der Waals surface area (Å²) in [6.07, 6.45) is 0.705. The van der Waals surface area contributed by atoms with Gasteiger partial charge in [0.05, 0.1) is 6.61 Å². The first kappa shape index (κ1) is 13.5. The zero-order valence-electron chi connectivity index (χ0n) is 9.87. The molecule has 0 radical (unpaired) electrons. The van der Waals surface area contributed by atoms with Crippen LogP contribution in [0.25, 0.3) is 0 Å². The van der Waals surface area contributed by atoms with Crippen LogP contribution < -0.4 is 11.1 Å². The van der Waals surface area contributed by atoms with Gasteiger partial charge in [-0.05, 0) is 14.0 Å². The van der Waals surface area contributed by atoms with E-state index in [4.69, 9.17) is 10.5 Å². The lowest BCUT2D eigenvalue weighted by Crippen LogP contribution is -2.07. The molecule has 17 heavy (non-hydrogen) atoms. The fraction of sp³-hybridized carbons (Fsp3) is 0.455.